The Morgan fingerprint density at radius 3 is 2.74 bits per heavy atom. The summed E-state index contributed by atoms with van der Waals surface area (Å²) in [6.07, 6.45) is 7.48. The van der Waals surface area contributed by atoms with Crippen molar-refractivity contribution < 1.29 is 9.47 Å². The monoisotopic (exact) mass is 257 g/mol. The fraction of sp³-hybridized carbons (Fsp3) is 0.500. The van der Waals surface area contributed by atoms with Gasteiger partial charge in [0.2, 0.25) is 6.79 Å². The van der Waals surface area contributed by atoms with E-state index in [9.17, 15) is 0 Å². The van der Waals surface area contributed by atoms with Crippen molar-refractivity contribution in [3.8, 4) is 11.5 Å². The number of nitrogens with zero attached hydrogens (tertiary/aromatic N) is 1. The Labute approximate surface area is 113 Å². The molecule has 0 bridgehead atoms. The average Bonchev–Trinajstić information content (AvgIpc) is 2.85. The van der Waals surface area contributed by atoms with E-state index in [1.165, 1.54) is 49.9 Å². The van der Waals surface area contributed by atoms with Crippen LogP contribution in [0.15, 0.2) is 24.3 Å². The van der Waals surface area contributed by atoms with Crippen LogP contribution in [0.4, 0.5) is 0 Å². The topological polar surface area (TPSA) is 21.7 Å². The summed E-state index contributed by atoms with van der Waals surface area (Å²) >= 11 is 0. The SMILES string of the molecule is C1=C(c2ccc3c(c2)OCO3)CCC(N2CCC2)C1. The van der Waals surface area contributed by atoms with Crippen molar-refractivity contribution in [1.82, 2.24) is 4.90 Å². The van der Waals surface area contributed by atoms with E-state index in [1.807, 2.05) is 6.07 Å². The van der Waals surface area contributed by atoms with Gasteiger partial charge in [-0.05, 0) is 62.0 Å². The first kappa shape index (κ1) is 11.4. The summed E-state index contributed by atoms with van der Waals surface area (Å²) in [5.41, 5.74) is 2.77. The Kier molecular flexibility index (Phi) is 2.73. The molecule has 1 unspecified atom stereocenters. The van der Waals surface area contributed by atoms with Crippen molar-refractivity contribution in [2.75, 3.05) is 19.9 Å². The zero-order valence-corrected chi connectivity index (χ0v) is 11.1. The van der Waals surface area contributed by atoms with E-state index in [1.54, 1.807) is 0 Å². The number of hydrogen-bond donors (Lipinski definition) is 0. The molecule has 1 aromatic carbocycles. The molecule has 1 saturated heterocycles. The van der Waals surface area contributed by atoms with Gasteiger partial charge in [0.1, 0.15) is 0 Å². The molecule has 0 amide bonds. The Morgan fingerprint density at radius 1 is 1.11 bits per heavy atom. The van der Waals surface area contributed by atoms with Crippen LogP contribution < -0.4 is 9.47 Å². The minimum absolute atomic E-state index is 0.356. The van der Waals surface area contributed by atoms with Crippen molar-refractivity contribution >= 4 is 5.57 Å². The standard InChI is InChI=1S/C16H19NO2/c1-8-17(9-1)14-5-2-12(3-6-14)13-4-7-15-16(10-13)19-11-18-15/h2,4,7,10,14H,1,3,5-6,8-9,11H2. The summed E-state index contributed by atoms with van der Waals surface area (Å²) in [7, 11) is 0. The summed E-state index contributed by atoms with van der Waals surface area (Å²) in [5.74, 6) is 1.77. The highest BCUT2D eigenvalue weighted by atomic mass is 16.7. The normalized spacial score (nSPS) is 25.9. The molecule has 1 aromatic rings. The minimum Gasteiger partial charge on any atom is -0.454 e. The van der Waals surface area contributed by atoms with Crippen LogP contribution in [0.2, 0.25) is 0 Å². The first-order valence-electron chi connectivity index (χ1n) is 7.23. The lowest BCUT2D eigenvalue weighted by molar-refractivity contribution is 0.111. The highest BCUT2D eigenvalue weighted by Gasteiger charge is 2.26. The molecule has 19 heavy (non-hydrogen) atoms. The van der Waals surface area contributed by atoms with Gasteiger partial charge in [-0.15, -0.1) is 0 Å². The van der Waals surface area contributed by atoms with Gasteiger partial charge in [-0.2, -0.15) is 0 Å². The van der Waals surface area contributed by atoms with Gasteiger partial charge < -0.3 is 9.47 Å². The van der Waals surface area contributed by atoms with Gasteiger partial charge in [-0.1, -0.05) is 12.1 Å². The maximum Gasteiger partial charge on any atom is 0.231 e. The molecule has 1 fully saturated rings. The minimum atomic E-state index is 0.356. The smallest absolute Gasteiger partial charge is 0.231 e. The fourth-order valence-corrected chi connectivity index (χ4v) is 3.22. The van der Waals surface area contributed by atoms with E-state index >= 15 is 0 Å². The predicted octanol–water partition coefficient (Wildman–Crippen LogP) is 3.06. The fourth-order valence-electron chi connectivity index (χ4n) is 3.22. The number of ether oxygens (including phenoxy) is 2. The van der Waals surface area contributed by atoms with E-state index in [0.717, 1.165) is 17.5 Å². The Bertz CT molecular complexity index is 519. The van der Waals surface area contributed by atoms with Crippen LogP contribution >= 0.6 is 0 Å². The first-order valence-corrected chi connectivity index (χ1v) is 7.23. The van der Waals surface area contributed by atoms with Gasteiger partial charge in [-0.3, -0.25) is 4.90 Å². The van der Waals surface area contributed by atoms with Crippen LogP contribution in [0.1, 0.15) is 31.2 Å². The quantitative estimate of drug-likeness (QED) is 0.812. The maximum absolute atomic E-state index is 5.46. The lowest BCUT2D eigenvalue weighted by Gasteiger charge is -2.40. The molecule has 4 rings (SSSR count). The number of rotatable bonds is 2. The van der Waals surface area contributed by atoms with Gasteiger partial charge >= 0.3 is 0 Å². The number of fused-ring (bicyclic) bond motifs is 1. The van der Waals surface area contributed by atoms with Crippen molar-refractivity contribution in [2.45, 2.75) is 31.7 Å². The zero-order valence-electron chi connectivity index (χ0n) is 11.1. The molecule has 0 aromatic heterocycles. The molecule has 1 atom stereocenters. The highest BCUT2D eigenvalue weighted by Crippen LogP contribution is 2.37. The van der Waals surface area contributed by atoms with Crippen LogP contribution in [0.3, 0.4) is 0 Å². The van der Waals surface area contributed by atoms with Gasteiger partial charge in [0.25, 0.3) is 0 Å². The second-order valence-electron chi connectivity index (χ2n) is 5.62. The third-order valence-electron chi connectivity index (χ3n) is 4.53. The third-order valence-corrected chi connectivity index (χ3v) is 4.53. The van der Waals surface area contributed by atoms with Crippen molar-refractivity contribution in [1.29, 1.82) is 0 Å². The number of benzene rings is 1. The molecular weight excluding hydrogens is 238 g/mol. The van der Waals surface area contributed by atoms with Gasteiger partial charge in [-0.25, -0.2) is 0 Å². The van der Waals surface area contributed by atoms with Crippen LogP contribution in [0.25, 0.3) is 5.57 Å². The first-order chi connectivity index (χ1) is 9.40. The van der Waals surface area contributed by atoms with Gasteiger partial charge in [0.15, 0.2) is 11.5 Å². The number of allylic oxidation sites excluding steroid dienone is 1. The van der Waals surface area contributed by atoms with Crippen molar-refractivity contribution in [2.24, 2.45) is 0 Å². The van der Waals surface area contributed by atoms with Gasteiger partial charge in [0, 0.05) is 6.04 Å². The molecule has 0 saturated carbocycles. The summed E-state index contributed by atoms with van der Waals surface area (Å²) < 4.78 is 10.8. The molecule has 0 radical (unpaired) electrons. The molecule has 3 aliphatic rings. The van der Waals surface area contributed by atoms with Crippen LogP contribution in [-0.4, -0.2) is 30.8 Å². The molecule has 0 spiro atoms. The predicted molar refractivity (Wildman–Crippen MR) is 74.4 cm³/mol. The van der Waals surface area contributed by atoms with Gasteiger partial charge in [0.05, 0.1) is 0 Å². The molecule has 2 heterocycles. The largest absolute Gasteiger partial charge is 0.454 e. The highest BCUT2D eigenvalue weighted by molar-refractivity contribution is 5.69. The Hall–Kier alpha value is -1.48. The van der Waals surface area contributed by atoms with E-state index in [0.29, 0.717) is 6.79 Å². The van der Waals surface area contributed by atoms with E-state index < -0.39 is 0 Å². The van der Waals surface area contributed by atoms with E-state index in [2.05, 4.69) is 23.1 Å². The second kappa shape index (κ2) is 4.57. The number of likely N-dealkylation sites (tertiary alicyclic amines) is 1. The average molecular weight is 257 g/mol. The van der Waals surface area contributed by atoms with Crippen molar-refractivity contribution in [3.63, 3.8) is 0 Å². The maximum atomic E-state index is 5.46. The van der Waals surface area contributed by atoms with Crippen LogP contribution in [0.5, 0.6) is 11.5 Å². The third kappa shape index (κ3) is 2.02. The molecule has 1 aliphatic carbocycles. The van der Waals surface area contributed by atoms with Crippen LogP contribution in [0, 0.1) is 0 Å². The van der Waals surface area contributed by atoms with E-state index in [4.69, 9.17) is 9.47 Å². The molecule has 2 aliphatic heterocycles. The summed E-state index contributed by atoms with van der Waals surface area (Å²) in [6.45, 7) is 2.96. The molecule has 3 nitrogen and oxygen atoms in total. The van der Waals surface area contributed by atoms with Crippen LogP contribution in [-0.2, 0) is 0 Å². The Morgan fingerprint density at radius 2 is 2.00 bits per heavy atom. The lowest BCUT2D eigenvalue weighted by atomic mass is 9.89. The number of hydrogen-bond acceptors (Lipinski definition) is 3. The molecular formula is C16H19NO2. The van der Waals surface area contributed by atoms with Crippen molar-refractivity contribution in [3.05, 3.63) is 29.8 Å². The molecule has 3 heteroatoms. The lowest BCUT2D eigenvalue weighted by Crippen LogP contribution is -2.45. The summed E-state index contributed by atoms with van der Waals surface area (Å²) in [6, 6.07) is 7.09. The second-order valence-corrected chi connectivity index (χ2v) is 5.62. The summed E-state index contributed by atoms with van der Waals surface area (Å²) in [4.78, 5) is 2.62. The Balaban J connectivity index is 1.51. The molecule has 0 N–H and O–H groups in total. The zero-order chi connectivity index (χ0) is 12.7. The van der Waals surface area contributed by atoms with E-state index in [-0.39, 0.29) is 0 Å². The molecule has 100 valence electrons. The summed E-state index contributed by atoms with van der Waals surface area (Å²) in [5, 5.41) is 0.